The van der Waals surface area contributed by atoms with Gasteiger partial charge in [-0.3, -0.25) is 14.7 Å². The molecule has 1 aliphatic rings. The Labute approximate surface area is 156 Å². The Balaban J connectivity index is 1.80. The summed E-state index contributed by atoms with van der Waals surface area (Å²) in [5.74, 6) is 1.38. The zero-order valence-corrected chi connectivity index (χ0v) is 15.7. The number of ether oxygens (including phenoxy) is 1. The number of amidine groups is 1. The molecule has 0 fully saturated rings. The number of carbonyl (C=O) groups is 1. The molecule has 0 radical (unpaired) electrons. The van der Waals surface area contributed by atoms with E-state index in [1.807, 2.05) is 50.2 Å². The lowest BCUT2D eigenvalue weighted by atomic mass is 10.2. The lowest BCUT2D eigenvalue weighted by molar-refractivity contribution is -0.119. The van der Waals surface area contributed by atoms with Crippen LogP contribution in [0.3, 0.4) is 0 Å². The molecule has 25 heavy (non-hydrogen) atoms. The third kappa shape index (κ3) is 4.55. The molecule has 0 aliphatic carbocycles. The minimum atomic E-state index is -0.163. The van der Waals surface area contributed by atoms with Gasteiger partial charge in [0.2, 0.25) is 0 Å². The number of aryl methyl sites for hydroxylation is 1. The number of amides is 1. The number of aliphatic imine (C=N–C) groups is 1. The topological polar surface area (TPSA) is 41.9 Å². The summed E-state index contributed by atoms with van der Waals surface area (Å²) in [6.45, 7) is 3.97. The van der Waals surface area contributed by atoms with Crippen LogP contribution in [0.25, 0.3) is 0 Å². The summed E-state index contributed by atoms with van der Waals surface area (Å²) < 4.78 is 5.68. The minimum Gasteiger partial charge on any atom is -0.484 e. The Morgan fingerprint density at radius 2 is 2.08 bits per heavy atom. The van der Waals surface area contributed by atoms with Gasteiger partial charge in [-0.2, -0.15) is 0 Å². The Bertz CT molecular complexity index is 792. The van der Waals surface area contributed by atoms with Gasteiger partial charge in [-0.15, -0.1) is 0 Å². The predicted octanol–water partition coefficient (Wildman–Crippen LogP) is 4.55. The highest BCUT2D eigenvalue weighted by molar-refractivity contribution is 8.14. The van der Waals surface area contributed by atoms with Gasteiger partial charge in [0.25, 0.3) is 5.91 Å². The largest absolute Gasteiger partial charge is 0.484 e. The summed E-state index contributed by atoms with van der Waals surface area (Å²) in [7, 11) is 0. The lowest BCUT2D eigenvalue weighted by Gasteiger charge is -2.22. The van der Waals surface area contributed by atoms with Crippen molar-refractivity contribution in [3.05, 3.63) is 59.1 Å². The van der Waals surface area contributed by atoms with Crippen LogP contribution in [0.15, 0.2) is 53.5 Å². The highest BCUT2D eigenvalue weighted by Gasteiger charge is 2.27. The van der Waals surface area contributed by atoms with E-state index in [1.165, 1.54) is 0 Å². The van der Waals surface area contributed by atoms with Crippen molar-refractivity contribution in [1.82, 2.24) is 0 Å². The minimum absolute atomic E-state index is 0.0555. The first-order chi connectivity index (χ1) is 12.0. The molecule has 0 N–H and O–H groups in total. The van der Waals surface area contributed by atoms with E-state index in [0.29, 0.717) is 15.9 Å². The fourth-order valence-electron chi connectivity index (χ4n) is 2.45. The molecule has 0 bridgehead atoms. The van der Waals surface area contributed by atoms with Gasteiger partial charge in [-0.25, -0.2) is 0 Å². The number of anilines is 1. The molecular weight excluding hydrogens is 356 g/mol. The molecule has 2 aromatic rings. The SMILES string of the molecule is Cc1cccc(OCC(=O)N(C2=N[C@@H](C)CS2)c2ccc(Cl)cc2)c1. The van der Waals surface area contributed by atoms with Crippen LogP contribution in [0.1, 0.15) is 12.5 Å². The molecule has 4 nitrogen and oxygen atoms in total. The molecule has 1 heterocycles. The molecular formula is C19H19ClN2O2S. The second kappa shape index (κ2) is 7.93. The van der Waals surface area contributed by atoms with Gasteiger partial charge in [0.15, 0.2) is 11.8 Å². The first kappa shape index (κ1) is 17.8. The van der Waals surface area contributed by atoms with E-state index in [2.05, 4.69) is 4.99 Å². The molecule has 0 aromatic heterocycles. The first-order valence-electron chi connectivity index (χ1n) is 8.01. The van der Waals surface area contributed by atoms with Crippen molar-refractivity contribution in [2.75, 3.05) is 17.3 Å². The van der Waals surface area contributed by atoms with Crippen LogP contribution in [-0.2, 0) is 4.79 Å². The third-order valence-electron chi connectivity index (χ3n) is 3.66. The first-order valence-corrected chi connectivity index (χ1v) is 9.38. The highest BCUT2D eigenvalue weighted by atomic mass is 35.5. The van der Waals surface area contributed by atoms with E-state index in [4.69, 9.17) is 16.3 Å². The zero-order chi connectivity index (χ0) is 17.8. The van der Waals surface area contributed by atoms with Crippen LogP contribution in [0.4, 0.5) is 5.69 Å². The number of nitrogens with zero attached hydrogens (tertiary/aromatic N) is 2. The van der Waals surface area contributed by atoms with Crippen LogP contribution in [0, 0.1) is 6.92 Å². The quantitative estimate of drug-likeness (QED) is 0.788. The van der Waals surface area contributed by atoms with Crippen molar-refractivity contribution in [3.8, 4) is 5.75 Å². The Morgan fingerprint density at radius 1 is 1.32 bits per heavy atom. The highest BCUT2D eigenvalue weighted by Crippen LogP contribution is 2.27. The molecule has 6 heteroatoms. The maximum absolute atomic E-state index is 12.9. The molecule has 1 aliphatic heterocycles. The van der Waals surface area contributed by atoms with Crippen LogP contribution in [0.2, 0.25) is 5.02 Å². The van der Waals surface area contributed by atoms with Gasteiger partial charge in [0.05, 0.1) is 11.7 Å². The predicted molar refractivity (Wildman–Crippen MR) is 105 cm³/mol. The number of carbonyl (C=O) groups excluding carboxylic acids is 1. The van der Waals surface area contributed by atoms with Crippen molar-refractivity contribution >= 4 is 40.1 Å². The van der Waals surface area contributed by atoms with Gasteiger partial charge < -0.3 is 4.74 Å². The van der Waals surface area contributed by atoms with E-state index in [-0.39, 0.29) is 18.6 Å². The van der Waals surface area contributed by atoms with Gasteiger partial charge in [0.1, 0.15) is 5.75 Å². The van der Waals surface area contributed by atoms with Crippen molar-refractivity contribution < 1.29 is 9.53 Å². The summed E-state index contributed by atoms with van der Waals surface area (Å²) >= 11 is 7.55. The van der Waals surface area contributed by atoms with Gasteiger partial charge in [-0.05, 0) is 55.8 Å². The van der Waals surface area contributed by atoms with E-state index in [9.17, 15) is 4.79 Å². The summed E-state index contributed by atoms with van der Waals surface area (Å²) in [5.41, 5.74) is 1.83. The lowest BCUT2D eigenvalue weighted by Crippen LogP contribution is -2.38. The van der Waals surface area contributed by atoms with E-state index >= 15 is 0 Å². The second-order valence-electron chi connectivity index (χ2n) is 5.88. The van der Waals surface area contributed by atoms with Crippen LogP contribution < -0.4 is 9.64 Å². The smallest absolute Gasteiger partial charge is 0.271 e. The molecule has 1 atom stereocenters. The Hall–Kier alpha value is -1.98. The van der Waals surface area contributed by atoms with Crippen molar-refractivity contribution in [1.29, 1.82) is 0 Å². The standard InChI is InChI=1S/C19H19ClN2O2S/c1-13-4-3-5-17(10-13)24-11-18(23)22(19-21-14(2)12-25-19)16-8-6-15(20)7-9-16/h3-10,14H,11-12H2,1-2H3/t14-/m0/s1. The average Bonchev–Trinajstić information content (AvgIpc) is 3.01. The maximum atomic E-state index is 12.9. The fourth-order valence-corrected chi connectivity index (χ4v) is 3.63. The zero-order valence-electron chi connectivity index (χ0n) is 14.1. The number of halogens is 1. The van der Waals surface area contributed by atoms with E-state index in [1.54, 1.807) is 28.8 Å². The summed E-state index contributed by atoms with van der Waals surface area (Å²) in [6.07, 6.45) is 0. The number of benzene rings is 2. The normalized spacial score (nSPS) is 16.4. The maximum Gasteiger partial charge on any atom is 0.271 e. The van der Waals surface area contributed by atoms with Crippen LogP contribution in [-0.4, -0.2) is 29.5 Å². The molecule has 0 saturated heterocycles. The molecule has 3 rings (SSSR count). The molecule has 1 amide bonds. The van der Waals surface area contributed by atoms with Crippen LogP contribution in [0.5, 0.6) is 5.75 Å². The summed E-state index contributed by atoms with van der Waals surface area (Å²) in [6, 6.07) is 15.0. The second-order valence-corrected chi connectivity index (χ2v) is 7.31. The van der Waals surface area contributed by atoms with Gasteiger partial charge in [-0.1, -0.05) is 35.5 Å². The van der Waals surface area contributed by atoms with Crippen molar-refractivity contribution in [2.24, 2.45) is 4.99 Å². The summed E-state index contributed by atoms with van der Waals surface area (Å²) in [5, 5.41) is 1.33. The van der Waals surface area contributed by atoms with Crippen molar-refractivity contribution in [3.63, 3.8) is 0 Å². The Kier molecular flexibility index (Phi) is 5.66. The van der Waals surface area contributed by atoms with E-state index < -0.39 is 0 Å². The molecule has 0 saturated carbocycles. The van der Waals surface area contributed by atoms with E-state index in [0.717, 1.165) is 17.0 Å². The average molecular weight is 375 g/mol. The van der Waals surface area contributed by atoms with Gasteiger partial charge in [0, 0.05) is 10.8 Å². The van der Waals surface area contributed by atoms with Crippen molar-refractivity contribution in [2.45, 2.75) is 19.9 Å². The number of hydrogen-bond donors (Lipinski definition) is 0. The number of rotatable bonds is 4. The molecule has 2 aromatic carbocycles. The Morgan fingerprint density at radius 3 is 2.72 bits per heavy atom. The summed E-state index contributed by atoms with van der Waals surface area (Å²) in [4.78, 5) is 19.0. The third-order valence-corrected chi connectivity index (χ3v) is 5.11. The van der Waals surface area contributed by atoms with Gasteiger partial charge >= 0.3 is 0 Å². The fraction of sp³-hybridized carbons (Fsp3) is 0.263. The molecule has 0 spiro atoms. The number of thioether (sulfide) groups is 1. The molecule has 130 valence electrons. The van der Waals surface area contributed by atoms with Crippen LogP contribution >= 0.6 is 23.4 Å². The number of hydrogen-bond acceptors (Lipinski definition) is 4. The molecule has 0 unspecified atom stereocenters. The monoisotopic (exact) mass is 374 g/mol.